The van der Waals surface area contributed by atoms with Crippen molar-refractivity contribution >= 4 is 22.3 Å². The molecule has 0 atom stereocenters. The van der Waals surface area contributed by atoms with Gasteiger partial charge in [-0.1, -0.05) is 6.08 Å². The zero-order valence-electron chi connectivity index (χ0n) is 14.8. The predicted molar refractivity (Wildman–Crippen MR) is 104 cm³/mol. The Balaban J connectivity index is 1.79. The third kappa shape index (κ3) is 2.35. The van der Waals surface area contributed by atoms with E-state index in [0.29, 0.717) is 0 Å². The van der Waals surface area contributed by atoms with Crippen molar-refractivity contribution in [3.8, 4) is 11.1 Å². The van der Waals surface area contributed by atoms with Crippen molar-refractivity contribution in [3.05, 3.63) is 53.6 Å². The summed E-state index contributed by atoms with van der Waals surface area (Å²) >= 11 is 0. The van der Waals surface area contributed by atoms with E-state index in [-0.39, 0.29) is 5.82 Å². The molecule has 0 bridgehead atoms. The summed E-state index contributed by atoms with van der Waals surface area (Å²) in [4.78, 5) is 10.3. The molecule has 5 rings (SSSR count). The molecule has 2 aliphatic rings. The van der Waals surface area contributed by atoms with Gasteiger partial charge in [0.05, 0.1) is 0 Å². The molecule has 2 aliphatic heterocycles. The van der Waals surface area contributed by atoms with Crippen molar-refractivity contribution in [3.63, 3.8) is 0 Å². The van der Waals surface area contributed by atoms with E-state index in [0.717, 1.165) is 60.3 Å². The minimum absolute atomic E-state index is 0.209. The quantitative estimate of drug-likeness (QED) is 0.696. The minimum Gasteiger partial charge on any atom is -0.370 e. The summed E-state index contributed by atoms with van der Waals surface area (Å²) in [6.45, 7) is 2.78. The number of halogens is 1. The van der Waals surface area contributed by atoms with Crippen LogP contribution in [0.25, 0.3) is 27.7 Å². The first-order chi connectivity index (χ1) is 12.7. The smallest absolute Gasteiger partial charge is 0.138 e. The molecular weight excluding hydrogens is 327 g/mol. The van der Waals surface area contributed by atoms with Crippen LogP contribution in [0.15, 0.2) is 36.5 Å². The summed E-state index contributed by atoms with van der Waals surface area (Å²) in [5.74, 6) is -0.209. The van der Waals surface area contributed by atoms with Gasteiger partial charge in [-0.15, -0.1) is 0 Å². The maximum absolute atomic E-state index is 14.0. The number of nitrogens with zero attached hydrogens (tertiary/aromatic N) is 2. The number of fused-ring (bicyclic) bond motifs is 2. The monoisotopic (exact) mass is 348 g/mol. The third-order valence-electron chi connectivity index (χ3n) is 5.46. The Labute approximate surface area is 151 Å². The summed E-state index contributed by atoms with van der Waals surface area (Å²) in [6, 6.07) is 7.05. The minimum atomic E-state index is -0.209. The highest BCUT2D eigenvalue weighted by Gasteiger charge is 2.25. The maximum atomic E-state index is 14.0. The van der Waals surface area contributed by atoms with Crippen LogP contribution < -0.4 is 10.2 Å². The molecule has 4 heterocycles. The van der Waals surface area contributed by atoms with Crippen LogP contribution in [0.1, 0.15) is 24.1 Å². The van der Waals surface area contributed by atoms with Crippen LogP contribution in [0.5, 0.6) is 0 Å². The fourth-order valence-electron chi connectivity index (χ4n) is 4.24. The van der Waals surface area contributed by atoms with Gasteiger partial charge in [0.1, 0.15) is 11.5 Å². The highest BCUT2D eigenvalue weighted by atomic mass is 19.1. The largest absolute Gasteiger partial charge is 0.370 e. The Bertz CT molecular complexity index is 1030. The molecule has 2 N–H and O–H groups in total. The molecule has 5 heteroatoms. The first kappa shape index (κ1) is 15.6. The summed E-state index contributed by atoms with van der Waals surface area (Å²) in [6.07, 6.45) is 6.18. The lowest BCUT2D eigenvalue weighted by atomic mass is 9.98. The molecule has 0 saturated carbocycles. The second kappa shape index (κ2) is 5.95. The number of benzene rings is 1. The molecule has 132 valence electrons. The van der Waals surface area contributed by atoms with Crippen LogP contribution >= 0.6 is 0 Å². The van der Waals surface area contributed by atoms with Crippen LogP contribution in [0, 0.1) is 5.82 Å². The van der Waals surface area contributed by atoms with Crippen LogP contribution in [-0.4, -0.2) is 30.1 Å². The Morgan fingerprint density at radius 1 is 1.15 bits per heavy atom. The number of rotatable bonds is 1. The second-order valence-electron chi connectivity index (χ2n) is 7.10. The van der Waals surface area contributed by atoms with Crippen molar-refractivity contribution in [2.45, 2.75) is 19.4 Å². The van der Waals surface area contributed by atoms with Crippen LogP contribution in [0.4, 0.5) is 10.1 Å². The van der Waals surface area contributed by atoms with Crippen molar-refractivity contribution in [2.75, 3.05) is 25.0 Å². The molecule has 1 aromatic carbocycles. The van der Waals surface area contributed by atoms with E-state index in [9.17, 15) is 4.39 Å². The van der Waals surface area contributed by atoms with Gasteiger partial charge in [0.2, 0.25) is 0 Å². The van der Waals surface area contributed by atoms with Gasteiger partial charge in [-0.25, -0.2) is 9.37 Å². The van der Waals surface area contributed by atoms with Gasteiger partial charge in [0.15, 0.2) is 0 Å². The Hall–Kier alpha value is -2.66. The molecular formula is C21H21FN4. The van der Waals surface area contributed by atoms with E-state index < -0.39 is 0 Å². The van der Waals surface area contributed by atoms with Crippen molar-refractivity contribution < 1.29 is 4.39 Å². The van der Waals surface area contributed by atoms with Crippen molar-refractivity contribution in [1.29, 1.82) is 0 Å². The van der Waals surface area contributed by atoms with E-state index in [1.165, 1.54) is 22.9 Å². The summed E-state index contributed by atoms with van der Waals surface area (Å²) in [7, 11) is 2.07. The molecule has 0 radical (unpaired) electrons. The topological polar surface area (TPSA) is 44.0 Å². The first-order valence-electron chi connectivity index (χ1n) is 9.13. The van der Waals surface area contributed by atoms with Crippen molar-refractivity contribution in [2.24, 2.45) is 0 Å². The van der Waals surface area contributed by atoms with Crippen LogP contribution in [0.2, 0.25) is 0 Å². The molecule has 26 heavy (non-hydrogen) atoms. The number of aromatic amines is 1. The van der Waals surface area contributed by atoms with Crippen LogP contribution in [-0.2, 0) is 6.54 Å². The molecule has 0 saturated heterocycles. The Kier molecular flexibility index (Phi) is 3.57. The molecule has 0 spiro atoms. The van der Waals surface area contributed by atoms with Gasteiger partial charge >= 0.3 is 0 Å². The molecule has 2 aromatic heterocycles. The molecule has 4 nitrogen and oxygen atoms in total. The first-order valence-corrected chi connectivity index (χ1v) is 9.13. The zero-order chi connectivity index (χ0) is 17.7. The number of hydrogen-bond acceptors (Lipinski definition) is 3. The average Bonchev–Trinajstić information content (AvgIpc) is 2.79. The van der Waals surface area contributed by atoms with E-state index in [1.54, 1.807) is 6.07 Å². The fraction of sp³-hybridized carbons (Fsp3) is 0.286. The van der Waals surface area contributed by atoms with E-state index in [2.05, 4.69) is 33.3 Å². The maximum Gasteiger partial charge on any atom is 0.138 e. The summed E-state index contributed by atoms with van der Waals surface area (Å²) in [5.41, 5.74) is 7.71. The van der Waals surface area contributed by atoms with Gasteiger partial charge in [-0.05, 0) is 61.3 Å². The number of aromatic nitrogens is 2. The SMILES string of the molecule is CN1Cc2c(C3=CCCNCC3)[nH]c3nccc(c23)-c2cc(F)ccc21. The number of anilines is 1. The third-order valence-corrected chi connectivity index (χ3v) is 5.46. The van der Waals surface area contributed by atoms with Gasteiger partial charge in [0.25, 0.3) is 0 Å². The normalized spacial score (nSPS) is 16.8. The number of pyridine rings is 1. The Morgan fingerprint density at radius 2 is 2.08 bits per heavy atom. The fourth-order valence-corrected chi connectivity index (χ4v) is 4.24. The van der Waals surface area contributed by atoms with Gasteiger partial charge < -0.3 is 15.2 Å². The molecule has 0 aliphatic carbocycles. The van der Waals surface area contributed by atoms with Crippen LogP contribution in [0.3, 0.4) is 0 Å². The predicted octanol–water partition coefficient (Wildman–Crippen LogP) is 4.09. The highest BCUT2D eigenvalue weighted by Crippen LogP contribution is 2.43. The van der Waals surface area contributed by atoms with Gasteiger partial charge in [-0.3, -0.25) is 0 Å². The lowest BCUT2D eigenvalue weighted by molar-refractivity contribution is 0.628. The number of H-pyrrole nitrogens is 1. The van der Waals surface area contributed by atoms with Crippen molar-refractivity contribution in [1.82, 2.24) is 15.3 Å². The lowest BCUT2D eigenvalue weighted by Gasteiger charge is -2.21. The standard InChI is InChI=1S/C21H21FN4/c1-26-12-17-19-15(16-11-14(22)4-5-18(16)26)7-10-24-21(19)25-20(17)13-3-2-8-23-9-6-13/h3-5,7,10-11,23H,2,6,8-9,12H2,1H3,(H,24,25). The lowest BCUT2D eigenvalue weighted by Crippen LogP contribution is -2.17. The Morgan fingerprint density at radius 3 is 3.00 bits per heavy atom. The van der Waals surface area contributed by atoms with E-state index >= 15 is 0 Å². The number of hydrogen-bond donors (Lipinski definition) is 2. The van der Waals surface area contributed by atoms with E-state index in [1.807, 2.05) is 18.3 Å². The number of nitrogens with one attached hydrogen (secondary N) is 2. The molecule has 0 fully saturated rings. The highest BCUT2D eigenvalue weighted by molar-refractivity contribution is 6.02. The van der Waals surface area contributed by atoms with Gasteiger partial charge in [0, 0.05) is 47.7 Å². The molecule has 0 unspecified atom stereocenters. The average molecular weight is 348 g/mol. The summed E-state index contributed by atoms with van der Waals surface area (Å²) in [5, 5.41) is 4.57. The van der Waals surface area contributed by atoms with E-state index in [4.69, 9.17) is 0 Å². The zero-order valence-corrected chi connectivity index (χ0v) is 14.8. The second-order valence-corrected chi connectivity index (χ2v) is 7.10. The summed E-state index contributed by atoms with van der Waals surface area (Å²) < 4.78 is 14.0. The molecule has 3 aromatic rings. The molecule has 0 amide bonds. The van der Waals surface area contributed by atoms with Gasteiger partial charge in [-0.2, -0.15) is 0 Å².